The van der Waals surface area contributed by atoms with Crippen molar-refractivity contribution in [3.8, 4) is 0 Å². The molecule has 0 bridgehead atoms. The minimum Gasteiger partial charge on any atom is -0.374 e. The van der Waals surface area contributed by atoms with E-state index in [1.807, 2.05) is 5.32 Å². The van der Waals surface area contributed by atoms with Crippen LogP contribution in [0, 0.1) is 0 Å². The van der Waals surface area contributed by atoms with Crippen LogP contribution in [0.2, 0.25) is 0 Å². The Balaban J connectivity index is 3.09. The number of rotatable bonds is 6. The van der Waals surface area contributed by atoms with Crippen molar-refractivity contribution in [1.29, 1.82) is 0 Å². The van der Waals surface area contributed by atoms with Gasteiger partial charge in [0.05, 0.1) is 13.2 Å². The zero-order valence-electron chi connectivity index (χ0n) is 6.70. The second-order valence-corrected chi connectivity index (χ2v) is 2.26. The second kappa shape index (κ2) is 6.09. The smallest absolute Gasteiger partial charge is 0.374 e. The summed E-state index contributed by atoms with van der Waals surface area (Å²) in [5, 5.41) is 2.00. The Morgan fingerprint density at radius 2 is 1.85 bits per heavy atom. The van der Waals surface area contributed by atoms with Crippen LogP contribution < -0.4 is 5.32 Å². The molecule has 2 nitrogen and oxygen atoms in total. The fourth-order valence-electron chi connectivity index (χ4n) is 0.547. The van der Waals surface area contributed by atoms with Gasteiger partial charge in [0.25, 0.3) is 6.43 Å². The predicted molar refractivity (Wildman–Crippen MR) is 35.7 cm³/mol. The maximum Gasteiger partial charge on any atom is 0.401 e. The van der Waals surface area contributed by atoms with E-state index in [2.05, 4.69) is 4.74 Å². The summed E-state index contributed by atoms with van der Waals surface area (Å²) >= 11 is 0. The van der Waals surface area contributed by atoms with E-state index in [0.717, 1.165) is 0 Å². The minimum absolute atomic E-state index is 0.0910. The summed E-state index contributed by atoms with van der Waals surface area (Å²) in [7, 11) is 0. The van der Waals surface area contributed by atoms with Gasteiger partial charge in [0.2, 0.25) is 0 Å². The van der Waals surface area contributed by atoms with Crippen LogP contribution in [0.25, 0.3) is 0 Å². The zero-order chi connectivity index (χ0) is 10.3. The molecular formula is C6H10F5NO. The highest BCUT2D eigenvalue weighted by Gasteiger charge is 2.25. The highest BCUT2D eigenvalue weighted by molar-refractivity contribution is 4.54. The molecule has 0 atom stereocenters. The van der Waals surface area contributed by atoms with E-state index in [4.69, 9.17) is 0 Å². The molecule has 7 heteroatoms. The van der Waals surface area contributed by atoms with Gasteiger partial charge in [0.1, 0.15) is 6.61 Å². The summed E-state index contributed by atoms with van der Waals surface area (Å²) in [6.07, 6.45) is -6.86. The van der Waals surface area contributed by atoms with Gasteiger partial charge in [-0.3, -0.25) is 0 Å². The summed E-state index contributed by atoms with van der Waals surface area (Å²) in [5.41, 5.74) is 0. The molecule has 13 heavy (non-hydrogen) atoms. The SMILES string of the molecule is FC(F)COCCNCC(F)(F)F. The third-order valence-corrected chi connectivity index (χ3v) is 0.992. The van der Waals surface area contributed by atoms with Crippen molar-refractivity contribution in [2.45, 2.75) is 12.6 Å². The van der Waals surface area contributed by atoms with Crippen LogP contribution in [-0.4, -0.2) is 38.9 Å². The Hall–Kier alpha value is -0.430. The van der Waals surface area contributed by atoms with Crippen LogP contribution in [0.3, 0.4) is 0 Å². The van der Waals surface area contributed by atoms with Crippen LogP contribution >= 0.6 is 0 Å². The van der Waals surface area contributed by atoms with Crippen molar-refractivity contribution in [3.63, 3.8) is 0 Å². The van der Waals surface area contributed by atoms with E-state index in [9.17, 15) is 22.0 Å². The van der Waals surface area contributed by atoms with E-state index >= 15 is 0 Å². The van der Waals surface area contributed by atoms with E-state index in [1.54, 1.807) is 0 Å². The lowest BCUT2D eigenvalue weighted by Gasteiger charge is -2.08. The molecule has 0 spiro atoms. The van der Waals surface area contributed by atoms with Gasteiger partial charge in [-0.15, -0.1) is 0 Å². The Labute approximate surface area is 72.1 Å². The van der Waals surface area contributed by atoms with Gasteiger partial charge in [0, 0.05) is 6.54 Å². The van der Waals surface area contributed by atoms with Gasteiger partial charge in [-0.05, 0) is 0 Å². The Kier molecular flexibility index (Phi) is 5.89. The summed E-state index contributed by atoms with van der Waals surface area (Å²) in [6.45, 7) is -2.12. The lowest BCUT2D eigenvalue weighted by molar-refractivity contribution is -0.125. The number of hydrogen-bond acceptors (Lipinski definition) is 2. The lowest BCUT2D eigenvalue weighted by Crippen LogP contribution is -2.31. The largest absolute Gasteiger partial charge is 0.401 e. The van der Waals surface area contributed by atoms with Crippen molar-refractivity contribution in [1.82, 2.24) is 5.32 Å². The molecule has 0 saturated carbocycles. The minimum atomic E-state index is -4.28. The first kappa shape index (κ1) is 12.6. The van der Waals surface area contributed by atoms with Crippen molar-refractivity contribution in [2.24, 2.45) is 0 Å². The summed E-state index contributed by atoms with van der Waals surface area (Å²) in [5.74, 6) is 0. The Morgan fingerprint density at radius 1 is 1.23 bits per heavy atom. The van der Waals surface area contributed by atoms with Crippen LogP contribution in [0.4, 0.5) is 22.0 Å². The summed E-state index contributed by atoms with van der Waals surface area (Å²) in [6, 6.07) is 0. The van der Waals surface area contributed by atoms with E-state index in [-0.39, 0.29) is 13.2 Å². The first-order valence-electron chi connectivity index (χ1n) is 3.55. The number of hydrogen-bond donors (Lipinski definition) is 1. The molecule has 0 aromatic rings. The fraction of sp³-hybridized carbons (Fsp3) is 1.00. The molecule has 0 heterocycles. The standard InChI is InChI=1S/C6H10F5NO/c7-5(8)3-13-2-1-12-4-6(9,10)11/h5,12H,1-4H2. The summed E-state index contributed by atoms with van der Waals surface area (Å²) in [4.78, 5) is 0. The maximum atomic E-state index is 11.5. The molecule has 0 aliphatic carbocycles. The van der Waals surface area contributed by atoms with Crippen LogP contribution in [0.1, 0.15) is 0 Å². The molecule has 0 aromatic heterocycles. The lowest BCUT2D eigenvalue weighted by atomic mass is 10.6. The first-order valence-corrected chi connectivity index (χ1v) is 3.55. The topological polar surface area (TPSA) is 21.3 Å². The molecule has 0 aliphatic rings. The van der Waals surface area contributed by atoms with Gasteiger partial charge in [-0.2, -0.15) is 13.2 Å². The predicted octanol–water partition coefficient (Wildman–Crippen LogP) is 1.42. The van der Waals surface area contributed by atoms with Gasteiger partial charge in [0.15, 0.2) is 0 Å². The van der Waals surface area contributed by atoms with E-state index < -0.39 is 25.8 Å². The molecule has 80 valence electrons. The van der Waals surface area contributed by atoms with Gasteiger partial charge in [-0.1, -0.05) is 0 Å². The molecule has 0 radical (unpaired) electrons. The second-order valence-electron chi connectivity index (χ2n) is 2.26. The fourth-order valence-corrected chi connectivity index (χ4v) is 0.547. The molecule has 0 aliphatic heterocycles. The van der Waals surface area contributed by atoms with Crippen LogP contribution in [-0.2, 0) is 4.74 Å². The average molecular weight is 207 g/mol. The zero-order valence-corrected chi connectivity index (χ0v) is 6.70. The van der Waals surface area contributed by atoms with E-state index in [0.29, 0.717) is 0 Å². The molecule has 1 N–H and O–H groups in total. The quantitative estimate of drug-likeness (QED) is 0.525. The number of alkyl halides is 5. The normalized spacial score (nSPS) is 12.5. The molecule has 0 saturated heterocycles. The highest BCUT2D eigenvalue weighted by Crippen LogP contribution is 2.11. The van der Waals surface area contributed by atoms with Crippen molar-refractivity contribution < 1.29 is 26.7 Å². The van der Waals surface area contributed by atoms with E-state index in [1.165, 1.54) is 0 Å². The number of ether oxygens (including phenoxy) is 1. The molecule has 0 rings (SSSR count). The van der Waals surface area contributed by atoms with Gasteiger partial charge >= 0.3 is 6.18 Å². The molecule has 0 aromatic carbocycles. The molecule has 0 amide bonds. The van der Waals surface area contributed by atoms with Crippen molar-refractivity contribution >= 4 is 0 Å². The maximum absolute atomic E-state index is 11.5. The van der Waals surface area contributed by atoms with Crippen LogP contribution in [0.5, 0.6) is 0 Å². The Bertz CT molecular complexity index is 127. The highest BCUT2D eigenvalue weighted by atomic mass is 19.4. The number of nitrogens with one attached hydrogen (secondary N) is 1. The molecule has 0 unspecified atom stereocenters. The summed E-state index contributed by atoms with van der Waals surface area (Å²) < 4.78 is 61.6. The molecule has 0 fully saturated rings. The first-order chi connectivity index (χ1) is 5.92. The molecular weight excluding hydrogens is 197 g/mol. The van der Waals surface area contributed by atoms with Gasteiger partial charge < -0.3 is 10.1 Å². The van der Waals surface area contributed by atoms with Gasteiger partial charge in [-0.25, -0.2) is 8.78 Å². The van der Waals surface area contributed by atoms with Crippen molar-refractivity contribution in [2.75, 3.05) is 26.3 Å². The van der Waals surface area contributed by atoms with Crippen LogP contribution in [0.15, 0.2) is 0 Å². The monoisotopic (exact) mass is 207 g/mol. The number of halogens is 5. The third kappa shape index (κ3) is 11.6. The third-order valence-electron chi connectivity index (χ3n) is 0.992. The average Bonchev–Trinajstić information content (AvgIpc) is 1.93. The van der Waals surface area contributed by atoms with Crippen molar-refractivity contribution in [3.05, 3.63) is 0 Å². The Morgan fingerprint density at radius 3 is 2.31 bits per heavy atom.